The number of aromatic carboxylic acids is 1. The summed E-state index contributed by atoms with van der Waals surface area (Å²) in [4.78, 5) is 25.7. The molecule has 4 rings (SSSR count). The van der Waals surface area contributed by atoms with Crippen LogP contribution in [-0.2, 0) is 0 Å². The Morgan fingerprint density at radius 2 is 2.18 bits per heavy atom. The molecule has 1 fully saturated rings. The number of carboxylic acids is 1. The number of hydrogen-bond donors (Lipinski definition) is 2. The number of hydrogen-bond acceptors (Lipinski definition) is 5. The maximum Gasteiger partial charge on any atom is 0.341 e. The number of carboxylic acid groups (broad SMARTS) is 1. The average Bonchev–Trinajstić information content (AvgIpc) is 3.02. The quantitative estimate of drug-likeness (QED) is 0.829. The first-order valence-electron chi connectivity index (χ1n) is 9.11. The van der Waals surface area contributed by atoms with Crippen LogP contribution in [0.4, 0.5) is 14.5 Å². The van der Waals surface area contributed by atoms with Gasteiger partial charge in [-0.15, -0.1) is 0 Å². The summed E-state index contributed by atoms with van der Waals surface area (Å²) in [6.07, 6.45) is 0.156. The lowest BCUT2D eigenvalue weighted by Gasteiger charge is -2.31. The zero-order valence-corrected chi connectivity index (χ0v) is 15.5. The Morgan fingerprint density at radius 3 is 2.79 bits per heavy atom. The molecule has 2 aromatic rings. The maximum atomic E-state index is 15.0. The van der Waals surface area contributed by atoms with Gasteiger partial charge in [-0.05, 0) is 26.0 Å². The number of anilines is 1. The Hall–Kier alpha value is -2.68. The van der Waals surface area contributed by atoms with Crippen molar-refractivity contribution in [2.75, 3.05) is 24.6 Å². The van der Waals surface area contributed by atoms with E-state index in [0.717, 1.165) is 6.07 Å². The van der Waals surface area contributed by atoms with Crippen molar-refractivity contribution in [2.45, 2.75) is 38.0 Å². The van der Waals surface area contributed by atoms with Gasteiger partial charge >= 0.3 is 5.97 Å². The van der Waals surface area contributed by atoms with Gasteiger partial charge in [-0.2, -0.15) is 0 Å². The summed E-state index contributed by atoms with van der Waals surface area (Å²) in [5.41, 5.74) is 3.41. The summed E-state index contributed by atoms with van der Waals surface area (Å²) < 4.78 is 37.1. The number of nitrogens with two attached hydrogens (primary N) is 1. The highest BCUT2D eigenvalue weighted by Crippen LogP contribution is 2.44. The molecule has 2 unspecified atom stereocenters. The van der Waals surface area contributed by atoms with Crippen LogP contribution in [0.25, 0.3) is 10.9 Å². The van der Waals surface area contributed by atoms with E-state index in [1.165, 1.54) is 10.6 Å². The lowest BCUT2D eigenvalue weighted by atomic mass is 9.98. The van der Waals surface area contributed by atoms with E-state index in [1.54, 1.807) is 18.7 Å². The molecule has 0 spiro atoms. The second-order valence-corrected chi connectivity index (χ2v) is 7.67. The predicted octanol–water partition coefficient (Wildman–Crippen LogP) is 2.06. The summed E-state index contributed by atoms with van der Waals surface area (Å²) >= 11 is 0. The van der Waals surface area contributed by atoms with Crippen LogP contribution in [0.3, 0.4) is 0 Å². The molecule has 0 amide bonds. The number of nitrogens with zero attached hydrogens (tertiary/aromatic N) is 2. The second-order valence-electron chi connectivity index (χ2n) is 7.67. The van der Waals surface area contributed by atoms with Crippen molar-refractivity contribution in [1.29, 1.82) is 0 Å². The van der Waals surface area contributed by atoms with E-state index in [1.807, 2.05) is 0 Å². The standard InChI is InChI=1S/C19H21F2N3O4/c1-9-7-28-16-14-11(5-12(18(26)27)17(25)24(9)14)6-13(20)15(16)23-4-3-19(21,8-23)10(2)22/h5-6,9-10H,3-4,7-8,22H2,1-2H3,(H,26,27)/t9-,10?,19?/m0/s1. The van der Waals surface area contributed by atoms with Gasteiger partial charge in [0.25, 0.3) is 5.56 Å². The Morgan fingerprint density at radius 1 is 1.46 bits per heavy atom. The summed E-state index contributed by atoms with van der Waals surface area (Å²) in [6, 6.07) is 1.18. The molecule has 0 bridgehead atoms. The molecular formula is C19H21F2N3O4. The number of benzene rings is 1. The Bertz CT molecular complexity index is 1050. The third-order valence-electron chi connectivity index (χ3n) is 5.73. The minimum atomic E-state index is -1.65. The van der Waals surface area contributed by atoms with Gasteiger partial charge in [-0.3, -0.25) is 9.36 Å². The minimum absolute atomic E-state index is 0.0728. The molecule has 2 aliphatic rings. The van der Waals surface area contributed by atoms with Crippen molar-refractivity contribution >= 4 is 22.6 Å². The van der Waals surface area contributed by atoms with E-state index in [4.69, 9.17) is 10.5 Å². The van der Waals surface area contributed by atoms with Gasteiger partial charge < -0.3 is 20.5 Å². The fraction of sp³-hybridized carbons (Fsp3) is 0.474. The van der Waals surface area contributed by atoms with Crippen LogP contribution in [-0.4, -0.2) is 47.0 Å². The number of ether oxygens (including phenoxy) is 1. The highest BCUT2D eigenvalue weighted by molar-refractivity contribution is 5.97. The molecule has 9 heteroatoms. The van der Waals surface area contributed by atoms with Gasteiger partial charge in [-0.1, -0.05) is 0 Å². The average molecular weight is 393 g/mol. The first-order valence-corrected chi connectivity index (χ1v) is 9.11. The highest BCUT2D eigenvalue weighted by Gasteiger charge is 2.43. The number of halogens is 2. The number of aromatic nitrogens is 1. The van der Waals surface area contributed by atoms with Crippen molar-refractivity contribution in [3.05, 3.63) is 33.9 Å². The third kappa shape index (κ3) is 2.56. The number of pyridine rings is 1. The van der Waals surface area contributed by atoms with Gasteiger partial charge in [0.1, 0.15) is 23.5 Å². The fourth-order valence-corrected chi connectivity index (χ4v) is 4.07. The van der Waals surface area contributed by atoms with Crippen LogP contribution >= 0.6 is 0 Å². The molecule has 3 heterocycles. The number of alkyl halides is 1. The molecular weight excluding hydrogens is 372 g/mol. The molecule has 0 saturated carbocycles. The van der Waals surface area contributed by atoms with Crippen molar-refractivity contribution < 1.29 is 23.4 Å². The lowest BCUT2D eigenvalue weighted by Crippen LogP contribution is -2.44. The Kier molecular flexibility index (Phi) is 4.11. The zero-order valence-electron chi connectivity index (χ0n) is 15.5. The summed E-state index contributed by atoms with van der Waals surface area (Å²) in [5, 5.41) is 9.57. The molecule has 1 aromatic carbocycles. The summed E-state index contributed by atoms with van der Waals surface area (Å²) in [7, 11) is 0. The maximum absolute atomic E-state index is 15.0. The summed E-state index contributed by atoms with van der Waals surface area (Å²) in [5.74, 6) is -1.90. The first kappa shape index (κ1) is 18.7. The molecule has 28 heavy (non-hydrogen) atoms. The summed E-state index contributed by atoms with van der Waals surface area (Å²) in [6.45, 7) is 3.54. The molecule has 7 nitrogen and oxygen atoms in total. The van der Waals surface area contributed by atoms with Crippen LogP contribution in [0.15, 0.2) is 16.9 Å². The predicted molar refractivity (Wildman–Crippen MR) is 99.6 cm³/mol. The van der Waals surface area contributed by atoms with Crippen LogP contribution in [0.1, 0.15) is 36.7 Å². The first-order chi connectivity index (χ1) is 13.1. The zero-order chi connectivity index (χ0) is 20.4. The van der Waals surface area contributed by atoms with E-state index in [9.17, 15) is 19.1 Å². The van der Waals surface area contributed by atoms with E-state index in [0.29, 0.717) is 5.52 Å². The van der Waals surface area contributed by atoms with Gasteiger partial charge in [0.15, 0.2) is 11.6 Å². The van der Waals surface area contributed by atoms with Crippen LogP contribution < -0.4 is 20.9 Å². The van der Waals surface area contributed by atoms with Crippen molar-refractivity contribution in [1.82, 2.24) is 4.57 Å². The monoisotopic (exact) mass is 393 g/mol. The Labute approximate surface area is 159 Å². The van der Waals surface area contributed by atoms with Crippen LogP contribution in [0.2, 0.25) is 0 Å². The largest absolute Gasteiger partial charge is 0.487 e. The SMILES string of the molecule is CC(N)C1(F)CCN(c2c(F)cc3cc(C(=O)O)c(=O)n4c3c2OC[C@@H]4C)C1. The molecule has 3 atom stereocenters. The van der Waals surface area contributed by atoms with Crippen LogP contribution in [0.5, 0.6) is 5.75 Å². The molecule has 0 radical (unpaired) electrons. The molecule has 3 N–H and O–H groups in total. The van der Waals surface area contributed by atoms with Crippen molar-refractivity contribution in [3.63, 3.8) is 0 Å². The second kappa shape index (κ2) is 6.16. The highest BCUT2D eigenvalue weighted by atomic mass is 19.1. The van der Waals surface area contributed by atoms with Gasteiger partial charge in [0, 0.05) is 24.4 Å². The topological polar surface area (TPSA) is 97.8 Å². The molecule has 0 aliphatic carbocycles. The van der Waals surface area contributed by atoms with E-state index in [-0.39, 0.29) is 42.9 Å². The molecule has 150 valence electrons. The van der Waals surface area contributed by atoms with E-state index < -0.39 is 40.7 Å². The third-order valence-corrected chi connectivity index (χ3v) is 5.73. The van der Waals surface area contributed by atoms with Gasteiger partial charge in [0.05, 0.1) is 18.1 Å². The van der Waals surface area contributed by atoms with Gasteiger partial charge in [0.2, 0.25) is 0 Å². The normalized spacial score (nSPS) is 25.0. The van der Waals surface area contributed by atoms with E-state index in [2.05, 4.69) is 0 Å². The molecule has 2 aliphatic heterocycles. The van der Waals surface area contributed by atoms with Crippen molar-refractivity contribution in [2.24, 2.45) is 5.73 Å². The minimum Gasteiger partial charge on any atom is -0.487 e. The van der Waals surface area contributed by atoms with E-state index >= 15 is 4.39 Å². The molecule has 1 aromatic heterocycles. The number of rotatable bonds is 3. The van der Waals surface area contributed by atoms with Gasteiger partial charge in [-0.25, -0.2) is 13.6 Å². The van der Waals surface area contributed by atoms with Crippen molar-refractivity contribution in [3.8, 4) is 5.75 Å². The smallest absolute Gasteiger partial charge is 0.341 e. The lowest BCUT2D eigenvalue weighted by molar-refractivity contribution is 0.0694. The molecule has 1 saturated heterocycles. The Balaban J connectivity index is 1.97. The number of carbonyl (C=O) groups is 1. The van der Waals surface area contributed by atoms with Crippen LogP contribution in [0, 0.1) is 5.82 Å². The fourth-order valence-electron chi connectivity index (χ4n) is 4.07.